The quantitative estimate of drug-likeness (QED) is 0.809. The van der Waals surface area contributed by atoms with Gasteiger partial charge in [0.25, 0.3) is 0 Å². The van der Waals surface area contributed by atoms with Crippen LogP contribution in [0.3, 0.4) is 0 Å². The Hall–Kier alpha value is -2.01. The fourth-order valence-electron chi connectivity index (χ4n) is 1.62. The second-order valence-electron chi connectivity index (χ2n) is 4.05. The number of para-hydroxylation sites is 1. The Morgan fingerprint density at radius 2 is 1.63 bits per heavy atom. The molecule has 0 atom stereocenters. The summed E-state index contributed by atoms with van der Waals surface area (Å²) >= 11 is 5.10. The first-order chi connectivity index (χ1) is 9.04. The van der Waals surface area contributed by atoms with Crippen molar-refractivity contribution in [2.45, 2.75) is 6.92 Å². The molecule has 0 spiro atoms. The average Bonchev–Trinajstić information content (AvgIpc) is 2.30. The number of halogens is 2. The van der Waals surface area contributed by atoms with Crippen molar-refractivity contribution in [2.24, 2.45) is 0 Å². The van der Waals surface area contributed by atoms with Crippen LogP contribution < -0.4 is 10.6 Å². The summed E-state index contributed by atoms with van der Waals surface area (Å²) in [5.41, 5.74) is 2.14. The second kappa shape index (κ2) is 5.75. The minimum atomic E-state index is -0.652. The smallest absolute Gasteiger partial charge is 0.175 e. The number of anilines is 2. The van der Waals surface area contributed by atoms with Crippen LogP contribution in [-0.2, 0) is 0 Å². The van der Waals surface area contributed by atoms with E-state index in [1.165, 1.54) is 12.1 Å². The first-order valence-electron chi connectivity index (χ1n) is 5.64. The predicted octanol–water partition coefficient (Wildman–Crippen LogP) is 4.08. The van der Waals surface area contributed by atoms with Gasteiger partial charge in [0.2, 0.25) is 0 Å². The zero-order valence-corrected chi connectivity index (χ0v) is 11.0. The van der Waals surface area contributed by atoms with Gasteiger partial charge in [0.05, 0.1) is 0 Å². The molecule has 2 rings (SSSR count). The van der Waals surface area contributed by atoms with Crippen molar-refractivity contribution < 1.29 is 8.78 Å². The van der Waals surface area contributed by atoms with Crippen LogP contribution in [0.2, 0.25) is 0 Å². The normalized spacial score (nSPS) is 10.1. The maximum absolute atomic E-state index is 13.0. The highest BCUT2D eigenvalue weighted by Gasteiger charge is 2.04. The van der Waals surface area contributed by atoms with E-state index in [1.807, 2.05) is 31.2 Å². The van der Waals surface area contributed by atoms with E-state index >= 15 is 0 Å². The fraction of sp³-hybridized carbons (Fsp3) is 0.0714. The molecule has 0 radical (unpaired) electrons. The van der Waals surface area contributed by atoms with Crippen LogP contribution >= 0.6 is 12.2 Å². The summed E-state index contributed by atoms with van der Waals surface area (Å²) in [7, 11) is 0. The third-order valence-electron chi connectivity index (χ3n) is 2.51. The van der Waals surface area contributed by atoms with Crippen molar-refractivity contribution in [3.8, 4) is 0 Å². The minimum Gasteiger partial charge on any atom is -0.332 e. The zero-order chi connectivity index (χ0) is 13.8. The van der Waals surface area contributed by atoms with Gasteiger partial charge in [-0.2, -0.15) is 0 Å². The van der Waals surface area contributed by atoms with Gasteiger partial charge in [-0.1, -0.05) is 18.2 Å². The van der Waals surface area contributed by atoms with E-state index in [2.05, 4.69) is 10.6 Å². The Balaban J connectivity index is 2.07. The van der Waals surface area contributed by atoms with Crippen molar-refractivity contribution in [1.29, 1.82) is 0 Å². The number of benzene rings is 2. The van der Waals surface area contributed by atoms with Crippen LogP contribution in [0.1, 0.15) is 5.56 Å². The summed E-state index contributed by atoms with van der Waals surface area (Å²) in [6, 6.07) is 10.8. The number of hydrogen-bond acceptors (Lipinski definition) is 1. The molecule has 0 aliphatic carbocycles. The molecule has 0 saturated carbocycles. The third-order valence-corrected chi connectivity index (χ3v) is 2.72. The fourth-order valence-corrected chi connectivity index (χ4v) is 1.85. The molecular weight excluding hydrogens is 266 g/mol. The van der Waals surface area contributed by atoms with E-state index < -0.39 is 11.6 Å². The standard InChI is InChI=1S/C14H12F2N2S/c1-9-4-2-3-5-13(9)18-14(19)17-12-7-10(15)6-11(16)8-12/h2-8H,1H3,(H2,17,18,19). The summed E-state index contributed by atoms with van der Waals surface area (Å²) in [6.45, 7) is 1.94. The maximum Gasteiger partial charge on any atom is 0.175 e. The maximum atomic E-state index is 13.0. The zero-order valence-electron chi connectivity index (χ0n) is 10.2. The molecule has 0 aliphatic heterocycles. The highest BCUT2D eigenvalue weighted by atomic mass is 32.1. The topological polar surface area (TPSA) is 24.1 Å². The van der Waals surface area contributed by atoms with Crippen molar-refractivity contribution in [3.63, 3.8) is 0 Å². The molecule has 2 aromatic rings. The van der Waals surface area contributed by atoms with E-state index in [0.29, 0.717) is 0 Å². The molecule has 0 aromatic heterocycles. The van der Waals surface area contributed by atoms with Gasteiger partial charge in [0.15, 0.2) is 5.11 Å². The molecule has 98 valence electrons. The number of rotatable bonds is 2. The summed E-state index contributed by atoms with van der Waals surface area (Å²) in [4.78, 5) is 0. The van der Waals surface area contributed by atoms with E-state index in [4.69, 9.17) is 12.2 Å². The number of hydrogen-bond donors (Lipinski definition) is 2. The molecule has 0 heterocycles. The molecule has 0 bridgehead atoms. The van der Waals surface area contributed by atoms with Gasteiger partial charge >= 0.3 is 0 Å². The Morgan fingerprint density at radius 1 is 1.00 bits per heavy atom. The molecule has 5 heteroatoms. The van der Waals surface area contributed by atoms with E-state index in [-0.39, 0.29) is 10.8 Å². The highest BCUT2D eigenvalue weighted by molar-refractivity contribution is 7.80. The van der Waals surface area contributed by atoms with Gasteiger partial charge in [0.1, 0.15) is 11.6 Å². The van der Waals surface area contributed by atoms with Crippen molar-refractivity contribution in [3.05, 3.63) is 59.7 Å². The molecule has 0 saturated heterocycles. The molecule has 0 unspecified atom stereocenters. The minimum absolute atomic E-state index is 0.267. The molecule has 0 aliphatic rings. The lowest BCUT2D eigenvalue weighted by molar-refractivity contribution is 0.584. The summed E-state index contributed by atoms with van der Waals surface area (Å²) in [5.74, 6) is -1.30. The van der Waals surface area contributed by atoms with Gasteiger partial charge < -0.3 is 10.6 Å². The first-order valence-corrected chi connectivity index (χ1v) is 6.05. The molecule has 2 aromatic carbocycles. The van der Waals surface area contributed by atoms with Crippen LogP contribution in [0, 0.1) is 18.6 Å². The van der Waals surface area contributed by atoms with Crippen molar-refractivity contribution >= 4 is 28.7 Å². The Kier molecular flexibility index (Phi) is 4.06. The van der Waals surface area contributed by atoms with Gasteiger partial charge in [-0.15, -0.1) is 0 Å². The summed E-state index contributed by atoms with van der Waals surface area (Å²) in [5, 5.41) is 5.99. The van der Waals surface area contributed by atoms with E-state index in [0.717, 1.165) is 17.3 Å². The molecule has 2 nitrogen and oxygen atoms in total. The van der Waals surface area contributed by atoms with Crippen molar-refractivity contribution in [2.75, 3.05) is 10.6 Å². The van der Waals surface area contributed by atoms with Gasteiger partial charge in [-0.3, -0.25) is 0 Å². The van der Waals surface area contributed by atoms with Crippen LogP contribution in [0.5, 0.6) is 0 Å². The number of nitrogens with one attached hydrogen (secondary N) is 2. The number of aryl methyl sites for hydroxylation is 1. The van der Waals surface area contributed by atoms with Crippen molar-refractivity contribution in [1.82, 2.24) is 0 Å². The van der Waals surface area contributed by atoms with Crippen LogP contribution in [0.25, 0.3) is 0 Å². The molecular formula is C14H12F2N2S. The lowest BCUT2D eigenvalue weighted by Crippen LogP contribution is -2.19. The lowest BCUT2D eigenvalue weighted by atomic mass is 10.2. The molecule has 0 amide bonds. The largest absolute Gasteiger partial charge is 0.332 e. The van der Waals surface area contributed by atoms with E-state index in [9.17, 15) is 8.78 Å². The summed E-state index contributed by atoms with van der Waals surface area (Å²) < 4.78 is 26.1. The van der Waals surface area contributed by atoms with Gasteiger partial charge in [-0.05, 0) is 42.9 Å². The Morgan fingerprint density at radius 3 is 2.26 bits per heavy atom. The SMILES string of the molecule is Cc1ccccc1NC(=S)Nc1cc(F)cc(F)c1. The van der Waals surface area contributed by atoms with Crippen LogP contribution in [0.4, 0.5) is 20.2 Å². The summed E-state index contributed by atoms with van der Waals surface area (Å²) in [6.07, 6.45) is 0. The van der Waals surface area contributed by atoms with Crippen LogP contribution in [-0.4, -0.2) is 5.11 Å². The van der Waals surface area contributed by atoms with Gasteiger partial charge in [0, 0.05) is 17.4 Å². The van der Waals surface area contributed by atoms with Gasteiger partial charge in [-0.25, -0.2) is 8.78 Å². The Labute approximate surface area is 115 Å². The Bertz CT molecular complexity index is 594. The monoisotopic (exact) mass is 278 g/mol. The number of thiocarbonyl (C=S) groups is 1. The lowest BCUT2D eigenvalue weighted by Gasteiger charge is -2.12. The predicted molar refractivity (Wildman–Crippen MR) is 77.4 cm³/mol. The molecule has 0 fully saturated rings. The molecule has 2 N–H and O–H groups in total. The second-order valence-corrected chi connectivity index (χ2v) is 4.46. The average molecular weight is 278 g/mol. The highest BCUT2D eigenvalue weighted by Crippen LogP contribution is 2.16. The van der Waals surface area contributed by atoms with Crippen LogP contribution in [0.15, 0.2) is 42.5 Å². The van der Waals surface area contributed by atoms with E-state index in [1.54, 1.807) is 0 Å². The molecule has 19 heavy (non-hydrogen) atoms. The third kappa shape index (κ3) is 3.72. The first kappa shape index (κ1) is 13.4.